The van der Waals surface area contributed by atoms with E-state index in [1.165, 1.54) is 0 Å². The van der Waals surface area contributed by atoms with Gasteiger partial charge in [-0.05, 0) is 16.6 Å². The molecule has 0 aliphatic carbocycles. The molecule has 2 nitrogen and oxygen atoms in total. The SMILES string of the molecule is C#C[C@@H](O[Si](C(C)C)(C(C)C)C(C)C)[C@H](C)CO. The zero-order chi connectivity index (χ0) is 14.5. The molecule has 1 N–H and O–H groups in total. The second kappa shape index (κ2) is 7.33. The third-order valence-corrected chi connectivity index (χ3v) is 10.1. The van der Waals surface area contributed by atoms with Crippen LogP contribution in [0.15, 0.2) is 0 Å². The first-order valence-corrected chi connectivity index (χ1v) is 9.12. The molecular weight excluding hydrogens is 240 g/mol. The zero-order valence-corrected chi connectivity index (χ0v) is 14.0. The maximum atomic E-state index is 9.29. The number of aliphatic hydroxyl groups excluding tert-OH is 1. The van der Waals surface area contributed by atoms with Gasteiger partial charge in [0.05, 0.1) is 0 Å². The highest BCUT2D eigenvalue weighted by Gasteiger charge is 2.46. The average Bonchev–Trinajstić information content (AvgIpc) is 2.28. The Morgan fingerprint density at radius 3 is 1.61 bits per heavy atom. The standard InChI is InChI=1S/C15H30O2Si/c1-9-15(14(8)10-16)17-18(11(2)3,12(4)5)13(6)7/h1,11-16H,10H2,2-8H3/t14-,15-/m1/s1. The lowest BCUT2D eigenvalue weighted by Gasteiger charge is -2.44. The summed E-state index contributed by atoms with van der Waals surface area (Å²) < 4.78 is 6.47. The number of rotatable bonds is 7. The minimum atomic E-state index is -1.94. The topological polar surface area (TPSA) is 29.5 Å². The van der Waals surface area contributed by atoms with E-state index in [1.807, 2.05) is 6.92 Å². The van der Waals surface area contributed by atoms with E-state index >= 15 is 0 Å². The first kappa shape index (κ1) is 17.7. The Hall–Kier alpha value is -0.303. The fourth-order valence-electron chi connectivity index (χ4n) is 3.04. The van der Waals surface area contributed by atoms with Gasteiger partial charge in [0, 0.05) is 12.5 Å². The van der Waals surface area contributed by atoms with E-state index in [0.717, 1.165) is 0 Å². The van der Waals surface area contributed by atoms with Crippen molar-refractivity contribution < 1.29 is 9.53 Å². The van der Waals surface area contributed by atoms with E-state index in [-0.39, 0.29) is 18.6 Å². The van der Waals surface area contributed by atoms with Crippen LogP contribution in [0.3, 0.4) is 0 Å². The van der Waals surface area contributed by atoms with Crippen LogP contribution in [-0.4, -0.2) is 26.1 Å². The molecule has 0 saturated heterocycles. The molecule has 0 aromatic rings. The van der Waals surface area contributed by atoms with Gasteiger partial charge in [0.15, 0.2) is 0 Å². The lowest BCUT2D eigenvalue weighted by Crippen LogP contribution is -2.51. The van der Waals surface area contributed by atoms with Gasteiger partial charge in [-0.1, -0.05) is 54.4 Å². The van der Waals surface area contributed by atoms with Crippen LogP contribution in [0.5, 0.6) is 0 Å². The Bertz CT molecular complexity index is 257. The van der Waals surface area contributed by atoms with E-state index in [0.29, 0.717) is 16.6 Å². The van der Waals surface area contributed by atoms with Crippen molar-refractivity contribution >= 4 is 8.32 Å². The normalized spacial score (nSPS) is 16.1. The summed E-state index contributed by atoms with van der Waals surface area (Å²) in [7, 11) is -1.94. The summed E-state index contributed by atoms with van der Waals surface area (Å²) in [6, 6.07) is 0. The molecule has 0 unspecified atom stereocenters. The van der Waals surface area contributed by atoms with Crippen LogP contribution in [-0.2, 0) is 4.43 Å². The molecule has 0 fully saturated rings. The van der Waals surface area contributed by atoms with E-state index in [1.54, 1.807) is 0 Å². The van der Waals surface area contributed by atoms with Gasteiger partial charge in [0.2, 0.25) is 8.32 Å². The Morgan fingerprint density at radius 2 is 1.39 bits per heavy atom. The fraction of sp³-hybridized carbons (Fsp3) is 0.867. The van der Waals surface area contributed by atoms with Crippen molar-refractivity contribution in [3.05, 3.63) is 0 Å². The van der Waals surface area contributed by atoms with Crippen molar-refractivity contribution in [2.45, 2.75) is 71.2 Å². The van der Waals surface area contributed by atoms with Crippen LogP contribution in [0, 0.1) is 18.3 Å². The molecule has 0 rings (SSSR count). The zero-order valence-electron chi connectivity index (χ0n) is 13.0. The summed E-state index contributed by atoms with van der Waals surface area (Å²) in [5, 5.41) is 9.29. The van der Waals surface area contributed by atoms with Gasteiger partial charge in [-0.15, -0.1) is 6.42 Å². The third-order valence-electron chi connectivity index (χ3n) is 4.01. The highest BCUT2D eigenvalue weighted by atomic mass is 28.4. The highest BCUT2D eigenvalue weighted by Crippen LogP contribution is 2.43. The molecule has 0 saturated carbocycles. The summed E-state index contributed by atoms with van der Waals surface area (Å²) in [6.07, 6.45) is 5.32. The second-order valence-electron chi connectivity index (χ2n) is 6.18. The summed E-state index contributed by atoms with van der Waals surface area (Å²) in [6.45, 7) is 15.5. The van der Waals surface area contributed by atoms with Gasteiger partial charge in [-0.2, -0.15) is 0 Å². The van der Waals surface area contributed by atoms with Gasteiger partial charge >= 0.3 is 0 Å². The molecule has 3 heteroatoms. The molecular formula is C15H30O2Si. The number of hydrogen-bond acceptors (Lipinski definition) is 2. The van der Waals surface area contributed by atoms with Crippen LogP contribution in [0.25, 0.3) is 0 Å². The minimum absolute atomic E-state index is 0.00174. The lowest BCUT2D eigenvalue weighted by molar-refractivity contribution is 0.120. The Morgan fingerprint density at radius 1 is 1.00 bits per heavy atom. The largest absolute Gasteiger partial charge is 0.402 e. The predicted octanol–water partition coefficient (Wildman–Crippen LogP) is 3.81. The molecule has 2 atom stereocenters. The monoisotopic (exact) mass is 270 g/mol. The van der Waals surface area contributed by atoms with Crippen molar-refractivity contribution in [1.82, 2.24) is 0 Å². The second-order valence-corrected chi connectivity index (χ2v) is 11.6. The molecule has 106 valence electrons. The number of hydrogen-bond donors (Lipinski definition) is 1. The van der Waals surface area contributed by atoms with Crippen molar-refractivity contribution in [3.8, 4) is 12.3 Å². The smallest absolute Gasteiger partial charge is 0.202 e. The van der Waals surface area contributed by atoms with Gasteiger partial charge in [-0.3, -0.25) is 0 Å². The van der Waals surface area contributed by atoms with E-state index in [9.17, 15) is 5.11 Å². The van der Waals surface area contributed by atoms with Gasteiger partial charge < -0.3 is 9.53 Å². The quantitative estimate of drug-likeness (QED) is 0.563. The summed E-state index contributed by atoms with van der Waals surface area (Å²) in [5.74, 6) is 2.72. The van der Waals surface area contributed by atoms with Gasteiger partial charge in [0.1, 0.15) is 6.10 Å². The lowest BCUT2D eigenvalue weighted by atomic mass is 10.1. The van der Waals surface area contributed by atoms with Gasteiger partial charge in [0.25, 0.3) is 0 Å². The molecule has 0 aromatic heterocycles. The molecule has 0 aromatic carbocycles. The molecule has 0 heterocycles. The fourth-order valence-corrected chi connectivity index (χ4v) is 8.60. The Kier molecular flexibility index (Phi) is 7.20. The molecule has 0 spiro atoms. The van der Waals surface area contributed by atoms with Gasteiger partial charge in [-0.25, -0.2) is 0 Å². The molecule has 0 radical (unpaired) electrons. The number of aliphatic hydroxyl groups is 1. The molecule has 0 aliphatic rings. The number of terminal acetylenes is 1. The molecule has 0 amide bonds. The van der Waals surface area contributed by atoms with E-state index < -0.39 is 8.32 Å². The van der Waals surface area contributed by atoms with Crippen molar-refractivity contribution in [3.63, 3.8) is 0 Å². The van der Waals surface area contributed by atoms with Crippen LogP contribution in [0.4, 0.5) is 0 Å². The average molecular weight is 270 g/mol. The highest BCUT2D eigenvalue weighted by molar-refractivity contribution is 6.77. The first-order valence-electron chi connectivity index (χ1n) is 6.98. The maximum Gasteiger partial charge on any atom is 0.202 e. The van der Waals surface area contributed by atoms with Crippen LogP contribution >= 0.6 is 0 Å². The first-order chi connectivity index (χ1) is 8.23. The molecule has 18 heavy (non-hydrogen) atoms. The summed E-state index contributed by atoms with van der Waals surface area (Å²) in [4.78, 5) is 0. The maximum absolute atomic E-state index is 9.29. The summed E-state index contributed by atoms with van der Waals surface area (Å²) in [5.41, 5.74) is 1.54. The van der Waals surface area contributed by atoms with Crippen molar-refractivity contribution in [2.24, 2.45) is 5.92 Å². The van der Waals surface area contributed by atoms with Crippen molar-refractivity contribution in [1.29, 1.82) is 0 Å². The molecule has 0 aliphatic heterocycles. The van der Waals surface area contributed by atoms with Crippen LogP contribution in [0.1, 0.15) is 48.5 Å². The van der Waals surface area contributed by atoms with E-state index in [4.69, 9.17) is 10.8 Å². The third kappa shape index (κ3) is 3.60. The Labute approximate surface area is 114 Å². The van der Waals surface area contributed by atoms with Crippen LogP contribution < -0.4 is 0 Å². The predicted molar refractivity (Wildman–Crippen MR) is 81.0 cm³/mol. The summed E-state index contributed by atoms with van der Waals surface area (Å²) >= 11 is 0. The molecule has 0 bridgehead atoms. The van der Waals surface area contributed by atoms with E-state index in [2.05, 4.69) is 47.5 Å². The Balaban J connectivity index is 5.29. The van der Waals surface area contributed by atoms with Crippen LogP contribution in [0.2, 0.25) is 16.6 Å². The minimum Gasteiger partial charge on any atom is -0.402 e. The van der Waals surface area contributed by atoms with Crippen molar-refractivity contribution in [2.75, 3.05) is 6.61 Å².